The smallest absolute Gasteiger partial charge is 0.407 e. The normalized spacial score (nSPS) is 18.8. The van der Waals surface area contributed by atoms with Gasteiger partial charge in [-0.15, -0.1) is 0 Å². The molecule has 188 valence electrons. The van der Waals surface area contributed by atoms with Gasteiger partial charge in [0.25, 0.3) is 0 Å². The van der Waals surface area contributed by atoms with Gasteiger partial charge in [0.1, 0.15) is 6.33 Å². The van der Waals surface area contributed by atoms with Gasteiger partial charge >= 0.3 is 6.09 Å². The third-order valence-corrected chi connectivity index (χ3v) is 6.82. The van der Waals surface area contributed by atoms with Crippen LogP contribution in [0.1, 0.15) is 58.9 Å². The van der Waals surface area contributed by atoms with E-state index in [9.17, 15) is 9.90 Å². The van der Waals surface area contributed by atoms with E-state index in [0.29, 0.717) is 23.6 Å². The molecular weight excluding hydrogens is 444 g/mol. The first-order valence-corrected chi connectivity index (χ1v) is 12.1. The molecule has 1 aromatic carbocycles. The van der Waals surface area contributed by atoms with Crippen LogP contribution in [0.15, 0.2) is 30.7 Å². The highest BCUT2D eigenvalue weighted by molar-refractivity contribution is 5.81. The van der Waals surface area contributed by atoms with E-state index in [1.54, 1.807) is 16.5 Å². The molecule has 0 radical (unpaired) electrons. The van der Waals surface area contributed by atoms with Crippen molar-refractivity contribution in [2.45, 2.75) is 65.5 Å². The number of fused-ring (bicyclic) bond motifs is 1. The third kappa shape index (κ3) is 4.72. The fourth-order valence-corrected chi connectivity index (χ4v) is 5.31. The van der Waals surface area contributed by atoms with E-state index in [4.69, 9.17) is 10.5 Å². The number of methoxy groups -OCH3 is 1. The van der Waals surface area contributed by atoms with Gasteiger partial charge in [-0.1, -0.05) is 34.6 Å². The first kappa shape index (κ1) is 24.6. The predicted molar refractivity (Wildman–Crippen MR) is 138 cm³/mol. The van der Waals surface area contributed by atoms with Crippen molar-refractivity contribution in [1.29, 1.82) is 0 Å². The number of carboxylic acid groups (broad SMARTS) is 1. The number of ether oxygens (including phenoxy) is 1. The molecule has 1 aliphatic rings. The Morgan fingerprint density at radius 1 is 1.29 bits per heavy atom. The topological polar surface area (TPSA) is 118 Å². The highest BCUT2D eigenvalue weighted by Crippen LogP contribution is 2.39. The largest absolute Gasteiger partial charge is 0.493 e. The molecule has 0 spiro atoms. The van der Waals surface area contributed by atoms with Crippen LogP contribution in [0.4, 0.5) is 16.2 Å². The average Bonchev–Trinajstić information content (AvgIpc) is 3.27. The minimum Gasteiger partial charge on any atom is -0.493 e. The fourth-order valence-electron chi connectivity index (χ4n) is 5.31. The summed E-state index contributed by atoms with van der Waals surface area (Å²) in [7, 11) is 1.62. The van der Waals surface area contributed by atoms with Gasteiger partial charge < -0.3 is 25.8 Å². The second-order valence-electron chi connectivity index (χ2n) is 10.7. The van der Waals surface area contributed by atoms with Crippen molar-refractivity contribution in [3.8, 4) is 16.9 Å². The van der Waals surface area contributed by atoms with Crippen LogP contribution in [0.2, 0.25) is 0 Å². The van der Waals surface area contributed by atoms with E-state index in [2.05, 4.69) is 56.1 Å². The molecule has 1 saturated heterocycles. The van der Waals surface area contributed by atoms with Gasteiger partial charge in [0, 0.05) is 24.3 Å². The van der Waals surface area contributed by atoms with E-state index in [-0.39, 0.29) is 23.4 Å². The van der Waals surface area contributed by atoms with Crippen LogP contribution in [-0.2, 0) is 0 Å². The summed E-state index contributed by atoms with van der Waals surface area (Å²) < 4.78 is 7.26. The molecule has 4 rings (SSSR count). The number of nitrogens with one attached hydrogen (secondary N) is 1. The molecule has 3 heterocycles. The molecule has 0 bridgehead atoms. The van der Waals surface area contributed by atoms with Crippen molar-refractivity contribution in [3.05, 3.63) is 36.3 Å². The lowest BCUT2D eigenvalue weighted by atomic mass is 9.77. The molecular formula is C26H36N6O3. The number of hydrogen-bond donors (Lipinski definition) is 3. The van der Waals surface area contributed by atoms with Crippen LogP contribution in [0.3, 0.4) is 0 Å². The molecule has 0 saturated carbocycles. The van der Waals surface area contributed by atoms with Gasteiger partial charge in [-0.25, -0.2) is 14.3 Å². The van der Waals surface area contributed by atoms with Crippen LogP contribution in [-0.4, -0.2) is 56.4 Å². The molecule has 35 heavy (non-hydrogen) atoms. The van der Waals surface area contributed by atoms with Crippen molar-refractivity contribution in [3.63, 3.8) is 0 Å². The monoisotopic (exact) mass is 480 g/mol. The fraction of sp³-hybridized carbons (Fsp3) is 0.500. The Kier molecular flexibility index (Phi) is 6.53. The summed E-state index contributed by atoms with van der Waals surface area (Å²) in [4.78, 5) is 17.8. The second kappa shape index (κ2) is 9.28. The number of nitrogen functional groups attached to an aromatic ring is 1. The molecule has 1 aliphatic heterocycles. The summed E-state index contributed by atoms with van der Waals surface area (Å²) in [5.74, 6) is 0.864. The lowest BCUT2D eigenvalue weighted by Crippen LogP contribution is -2.58. The number of aromatic nitrogens is 3. The van der Waals surface area contributed by atoms with E-state index < -0.39 is 6.09 Å². The number of likely N-dealkylation sites (tertiary alicyclic amines) is 1. The SMILES string of the molecule is COc1cc(-c2cc(N)c(NC3CCCN(C(=O)O)C3C(C)(C)C)cc2C(C)C)cn2ncnc12. The molecule has 4 N–H and O–H groups in total. The average molecular weight is 481 g/mol. The standard InChI is InChI=1S/C26H36N6O3/c1-15(2)17-12-21(30-20-8-7-9-31(25(33)34)23(20)26(3,4)5)19(27)11-18(17)16-10-22(35-6)24-28-14-29-32(24)13-16/h10-15,20,23,30H,7-9,27H2,1-6H3,(H,33,34). The lowest BCUT2D eigenvalue weighted by molar-refractivity contribution is 0.0519. The Morgan fingerprint density at radius 2 is 2.03 bits per heavy atom. The third-order valence-electron chi connectivity index (χ3n) is 6.82. The maximum absolute atomic E-state index is 12.0. The molecule has 2 aromatic heterocycles. The summed E-state index contributed by atoms with van der Waals surface area (Å²) in [5, 5.41) is 17.8. The lowest BCUT2D eigenvalue weighted by Gasteiger charge is -2.47. The zero-order valence-electron chi connectivity index (χ0n) is 21.4. The first-order valence-electron chi connectivity index (χ1n) is 12.1. The number of benzene rings is 1. The van der Waals surface area contributed by atoms with Gasteiger partial charge in [0.05, 0.1) is 24.5 Å². The maximum atomic E-state index is 12.0. The van der Waals surface area contributed by atoms with Gasteiger partial charge in [-0.2, -0.15) is 5.10 Å². The minimum atomic E-state index is -0.875. The quantitative estimate of drug-likeness (QED) is 0.436. The number of nitrogens with zero attached hydrogens (tertiary/aromatic N) is 4. The number of piperidine rings is 1. The number of carbonyl (C=O) groups is 1. The van der Waals surface area contributed by atoms with Crippen molar-refractivity contribution < 1.29 is 14.6 Å². The molecule has 2 atom stereocenters. The second-order valence-corrected chi connectivity index (χ2v) is 10.7. The highest BCUT2D eigenvalue weighted by Gasteiger charge is 2.42. The number of anilines is 2. The summed E-state index contributed by atoms with van der Waals surface area (Å²) in [5.41, 5.74) is 11.5. The summed E-state index contributed by atoms with van der Waals surface area (Å²) in [6.45, 7) is 11.1. The van der Waals surface area contributed by atoms with Gasteiger partial charge in [-0.3, -0.25) is 0 Å². The van der Waals surface area contributed by atoms with Crippen LogP contribution in [0.5, 0.6) is 5.75 Å². The van der Waals surface area contributed by atoms with Crippen molar-refractivity contribution in [2.24, 2.45) is 5.41 Å². The molecule has 1 amide bonds. The van der Waals surface area contributed by atoms with E-state index in [0.717, 1.165) is 35.2 Å². The van der Waals surface area contributed by atoms with Crippen molar-refractivity contribution in [2.75, 3.05) is 24.7 Å². The Labute approximate surface area is 206 Å². The van der Waals surface area contributed by atoms with Crippen LogP contribution < -0.4 is 15.8 Å². The zero-order valence-corrected chi connectivity index (χ0v) is 21.4. The zero-order chi connectivity index (χ0) is 25.5. The van der Waals surface area contributed by atoms with Crippen LogP contribution in [0, 0.1) is 5.41 Å². The van der Waals surface area contributed by atoms with E-state index >= 15 is 0 Å². The molecule has 0 aliphatic carbocycles. The van der Waals surface area contributed by atoms with E-state index in [1.807, 2.05) is 18.3 Å². The molecule has 1 fully saturated rings. The minimum absolute atomic E-state index is 0.0420. The number of rotatable bonds is 5. The van der Waals surface area contributed by atoms with Crippen molar-refractivity contribution in [1.82, 2.24) is 19.5 Å². The van der Waals surface area contributed by atoms with Crippen LogP contribution in [0.25, 0.3) is 16.8 Å². The Balaban J connectivity index is 1.76. The molecule has 9 heteroatoms. The number of hydrogen-bond acceptors (Lipinski definition) is 6. The van der Waals surface area contributed by atoms with Gasteiger partial charge in [-0.05, 0) is 53.5 Å². The summed E-state index contributed by atoms with van der Waals surface area (Å²) in [6.07, 6.45) is 4.25. The first-order chi connectivity index (χ1) is 16.5. The number of pyridine rings is 1. The Hall–Kier alpha value is -3.49. The maximum Gasteiger partial charge on any atom is 0.407 e. The van der Waals surface area contributed by atoms with Gasteiger partial charge in [0.2, 0.25) is 0 Å². The van der Waals surface area contributed by atoms with Crippen LogP contribution >= 0.6 is 0 Å². The Morgan fingerprint density at radius 3 is 2.66 bits per heavy atom. The van der Waals surface area contributed by atoms with Gasteiger partial charge in [0.15, 0.2) is 11.4 Å². The van der Waals surface area contributed by atoms with Crippen molar-refractivity contribution >= 4 is 23.1 Å². The molecule has 2 unspecified atom stereocenters. The Bertz CT molecular complexity index is 1230. The predicted octanol–water partition coefficient (Wildman–Crippen LogP) is 5.08. The number of nitrogens with two attached hydrogens (primary N) is 1. The molecule has 3 aromatic rings. The molecule has 9 nitrogen and oxygen atoms in total. The number of amides is 1. The summed E-state index contributed by atoms with van der Waals surface area (Å²) in [6, 6.07) is 5.83. The highest BCUT2D eigenvalue weighted by atomic mass is 16.5. The van der Waals surface area contributed by atoms with E-state index in [1.165, 1.54) is 6.33 Å². The summed E-state index contributed by atoms with van der Waals surface area (Å²) >= 11 is 0.